The molecule has 0 radical (unpaired) electrons. The van der Waals surface area contributed by atoms with Gasteiger partial charge in [-0.05, 0) is 37.0 Å². The monoisotopic (exact) mass is 338 g/mol. The Bertz CT molecular complexity index is 531. The number of hydroxylamine groups is 1. The maximum Gasteiger partial charge on any atom is 0.234 e. The molecule has 0 heterocycles. The molecule has 1 aromatic carbocycles. The van der Waals surface area contributed by atoms with E-state index in [4.69, 9.17) is 17.2 Å². The van der Waals surface area contributed by atoms with Crippen LogP contribution in [0.15, 0.2) is 29.3 Å². The molecule has 9 heteroatoms. The van der Waals surface area contributed by atoms with Gasteiger partial charge in [0.1, 0.15) is 5.75 Å². The highest BCUT2D eigenvalue weighted by atomic mass is 16.5. The first-order chi connectivity index (χ1) is 11.4. The average molecular weight is 338 g/mol. The van der Waals surface area contributed by atoms with Gasteiger partial charge in [-0.15, -0.1) is 0 Å². The molecule has 24 heavy (non-hydrogen) atoms. The number of aromatic hydroxyl groups is 1. The Morgan fingerprint density at radius 3 is 2.42 bits per heavy atom. The number of phenols is 1. The number of benzene rings is 1. The molecule has 0 aromatic heterocycles. The zero-order valence-electron chi connectivity index (χ0n) is 13.5. The number of carbonyl (C=O) groups excluding carboxylic acids is 1. The Kier molecular flexibility index (Phi) is 8.55. The fourth-order valence-electron chi connectivity index (χ4n) is 2.18. The van der Waals surface area contributed by atoms with E-state index in [1.165, 1.54) is 0 Å². The number of hydrogen-bond acceptors (Lipinski definition) is 6. The van der Waals surface area contributed by atoms with Gasteiger partial charge in [0.2, 0.25) is 5.91 Å². The van der Waals surface area contributed by atoms with Crippen molar-refractivity contribution in [1.29, 1.82) is 0 Å². The normalized spacial score (nSPS) is 13.2. The van der Waals surface area contributed by atoms with Gasteiger partial charge in [-0.2, -0.15) is 0 Å². The lowest BCUT2D eigenvalue weighted by Crippen LogP contribution is -2.48. The number of amides is 1. The molecule has 0 saturated carbocycles. The second kappa shape index (κ2) is 10.4. The zero-order valence-corrected chi connectivity index (χ0v) is 13.5. The molecule has 134 valence electrons. The highest BCUT2D eigenvalue weighted by molar-refractivity contribution is 5.80. The maximum atomic E-state index is 11.6. The minimum absolute atomic E-state index is 0.0318. The molecule has 1 amide bonds. The lowest BCUT2D eigenvalue weighted by molar-refractivity contribution is -0.120. The molecular weight excluding hydrogens is 312 g/mol. The van der Waals surface area contributed by atoms with Gasteiger partial charge in [0.05, 0.1) is 6.04 Å². The third-order valence-electron chi connectivity index (χ3n) is 3.52. The van der Waals surface area contributed by atoms with Gasteiger partial charge in [-0.3, -0.25) is 9.79 Å². The van der Waals surface area contributed by atoms with E-state index >= 15 is 0 Å². The quantitative estimate of drug-likeness (QED) is 0.115. The van der Waals surface area contributed by atoms with Gasteiger partial charge in [0.25, 0.3) is 0 Å². The summed E-state index contributed by atoms with van der Waals surface area (Å²) in [7, 11) is 0. The van der Waals surface area contributed by atoms with Crippen molar-refractivity contribution in [2.75, 3.05) is 13.1 Å². The SMILES string of the molecule is NC(=O)[C@H](Cc1ccc(O)cc1)NC[C@H](CCCN=C(N)N)NO. The molecule has 0 aliphatic carbocycles. The predicted molar refractivity (Wildman–Crippen MR) is 91.4 cm³/mol. The minimum atomic E-state index is -0.580. The summed E-state index contributed by atoms with van der Waals surface area (Å²) < 4.78 is 0. The second-order valence-corrected chi connectivity index (χ2v) is 5.51. The largest absolute Gasteiger partial charge is 0.508 e. The fraction of sp³-hybridized carbons (Fsp3) is 0.467. The lowest BCUT2D eigenvalue weighted by atomic mass is 10.0. The van der Waals surface area contributed by atoms with Gasteiger partial charge in [-0.1, -0.05) is 12.1 Å². The van der Waals surface area contributed by atoms with Crippen molar-refractivity contribution in [2.24, 2.45) is 22.2 Å². The first-order valence-electron chi connectivity index (χ1n) is 7.68. The molecule has 9 nitrogen and oxygen atoms in total. The van der Waals surface area contributed by atoms with Gasteiger partial charge in [0.15, 0.2) is 5.96 Å². The van der Waals surface area contributed by atoms with Crippen molar-refractivity contribution in [3.63, 3.8) is 0 Å². The van der Waals surface area contributed by atoms with Crippen LogP contribution in [-0.2, 0) is 11.2 Å². The number of carbonyl (C=O) groups is 1. The summed E-state index contributed by atoms with van der Waals surface area (Å²) >= 11 is 0. The molecule has 0 fully saturated rings. The molecule has 1 aromatic rings. The topological polar surface area (TPSA) is 172 Å². The molecule has 0 unspecified atom stereocenters. The third-order valence-corrected chi connectivity index (χ3v) is 3.52. The van der Waals surface area contributed by atoms with Crippen molar-refractivity contribution in [3.05, 3.63) is 29.8 Å². The van der Waals surface area contributed by atoms with Crippen LogP contribution in [0.4, 0.5) is 0 Å². The van der Waals surface area contributed by atoms with E-state index in [1.54, 1.807) is 24.3 Å². The molecule has 0 bridgehead atoms. The summed E-state index contributed by atoms with van der Waals surface area (Å²) in [5.41, 5.74) is 19.0. The van der Waals surface area contributed by atoms with Crippen molar-refractivity contribution in [2.45, 2.75) is 31.3 Å². The number of nitrogens with two attached hydrogens (primary N) is 3. The summed E-state index contributed by atoms with van der Waals surface area (Å²) in [6.07, 6.45) is 1.68. The van der Waals surface area contributed by atoms with Gasteiger partial charge >= 0.3 is 0 Å². The standard InChI is InChI=1S/C15H26N6O3/c16-14(23)13(8-10-3-5-12(22)6-4-10)20-9-11(21-24)2-1-7-19-15(17)18/h3-6,11,13,20-22,24H,1-2,7-9H2,(H2,16,23)(H4,17,18,19)/t11-,13-/m0/s1. The lowest BCUT2D eigenvalue weighted by Gasteiger charge is -2.20. The number of nitrogens with zero attached hydrogens (tertiary/aromatic N) is 1. The summed E-state index contributed by atoms with van der Waals surface area (Å²) in [5.74, 6) is -0.294. The Morgan fingerprint density at radius 1 is 1.21 bits per heavy atom. The van der Waals surface area contributed by atoms with Crippen molar-refractivity contribution < 1.29 is 15.1 Å². The molecule has 0 saturated heterocycles. The van der Waals surface area contributed by atoms with Crippen LogP contribution in [0.1, 0.15) is 18.4 Å². The average Bonchev–Trinajstić information content (AvgIpc) is 2.54. The fourth-order valence-corrected chi connectivity index (χ4v) is 2.18. The number of guanidine groups is 1. The summed E-state index contributed by atoms with van der Waals surface area (Å²) in [6, 6.07) is 5.71. The maximum absolute atomic E-state index is 11.6. The molecule has 0 aliphatic rings. The highest BCUT2D eigenvalue weighted by Crippen LogP contribution is 2.11. The number of aliphatic imine (C=N–C) groups is 1. The van der Waals surface area contributed by atoms with E-state index in [0.717, 1.165) is 5.56 Å². The van der Waals surface area contributed by atoms with Gasteiger partial charge in [0, 0.05) is 19.1 Å². The van der Waals surface area contributed by atoms with E-state index in [0.29, 0.717) is 32.4 Å². The number of hydrogen-bond donors (Lipinski definition) is 7. The van der Waals surface area contributed by atoms with Crippen molar-refractivity contribution in [3.8, 4) is 5.75 Å². The Labute approximate surface area is 140 Å². The predicted octanol–water partition coefficient (Wildman–Crippen LogP) is -1.22. The molecule has 2 atom stereocenters. The number of nitrogens with one attached hydrogen (secondary N) is 2. The molecular formula is C15H26N6O3. The molecule has 10 N–H and O–H groups in total. The smallest absolute Gasteiger partial charge is 0.234 e. The van der Waals surface area contributed by atoms with Crippen LogP contribution < -0.4 is 28.0 Å². The Morgan fingerprint density at radius 2 is 1.88 bits per heavy atom. The minimum Gasteiger partial charge on any atom is -0.508 e. The van der Waals surface area contributed by atoms with Crippen molar-refractivity contribution in [1.82, 2.24) is 10.8 Å². The van der Waals surface area contributed by atoms with Crippen LogP contribution in [0.2, 0.25) is 0 Å². The van der Waals surface area contributed by atoms with E-state index < -0.39 is 11.9 Å². The Hall–Kier alpha value is -2.36. The number of rotatable bonds is 11. The van der Waals surface area contributed by atoms with E-state index in [1.807, 2.05) is 0 Å². The second-order valence-electron chi connectivity index (χ2n) is 5.51. The first kappa shape index (κ1) is 19.7. The third kappa shape index (κ3) is 7.77. The summed E-state index contributed by atoms with van der Waals surface area (Å²) in [5, 5.41) is 21.5. The summed E-state index contributed by atoms with van der Waals surface area (Å²) in [6.45, 7) is 0.817. The highest BCUT2D eigenvalue weighted by Gasteiger charge is 2.17. The van der Waals surface area contributed by atoms with Crippen LogP contribution in [0.3, 0.4) is 0 Å². The number of phenolic OH excluding ortho intramolecular Hbond substituents is 1. The van der Waals surface area contributed by atoms with Gasteiger partial charge in [-0.25, -0.2) is 5.48 Å². The van der Waals surface area contributed by atoms with Crippen molar-refractivity contribution >= 4 is 11.9 Å². The molecule has 1 rings (SSSR count). The number of primary amides is 1. The molecule has 0 aliphatic heterocycles. The van der Waals surface area contributed by atoms with Crippen LogP contribution in [0.25, 0.3) is 0 Å². The Balaban J connectivity index is 2.47. The van der Waals surface area contributed by atoms with E-state index in [9.17, 15) is 15.1 Å². The van der Waals surface area contributed by atoms with Crippen LogP contribution in [0.5, 0.6) is 5.75 Å². The van der Waals surface area contributed by atoms with E-state index in [2.05, 4.69) is 15.8 Å². The van der Waals surface area contributed by atoms with Gasteiger partial charge < -0.3 is 32.8 Å². The summed E-state index contributed by atoms with van der Waals surface area (Å²) in [4.78, 5) is 15.5. The molecule has 0 spiro atoms. The van der Waals surface area contributed by atoms with Crippen LogP contribution in [0, 0.1) is 0 Å². The van der Waals surface area contributed by atoms with E-state index in [-0.39, 0.29) is 17.8 Å². The van der Waals surface area contributed by atoms with Crippen LogP contribution in [-0.4, -0.2) is 47.4 Å². The van der Waals surface area contributed by atoms with Crippen LogP contribution >= 0.6 is 0 Å². The zero-order chi connectivity index (χ0) is 17.9. The first-order valence-corrected chi connectivity index (χ1v) is 7.68.